The number of unbranched alkanes of at least 4 members (excludes halogenated alkanes) is 3. The number of aliphatic hydroxyl groups excluding tert-OH is 3. The Morgan fingerprint density at radius 3 is 2.33 bits per heavy atom. The minimum absolute atomic E-state index is 0.00815. The maximum Gasteiger partial charge on any atom is 0.303 e. The molecule has 1 atom stereocenters. The number of nitrogen functional groups attached to an aromatic ring is 1. The number of aryl methyl sites for hydroxylation is 2. The molecule has 1 saturated heterocycles. The molecule has 0 aliphatic carbocycles. The van der Waals surface area contributed by atoms with E-state index in [1.54, 1.807) is 11.2 Å². The lowest BCUT2D eigenvalue weighted by molar-refractivity contribution is -0.137. The summed E-state index contributed by atoms with van der Waals surface area (Å²) in [6, 6.07) is 12.0. The van der Waals surface area contributed by atoms with Crippen molar-refractivity contribution in [2.24, 2.45) is 23.4 Å². The molecule has 1 aromatic carbocycles. The summed E-state index contributed by atoms with van der Waals surface area (Å²) in [5, 5.41) is 44.1. The molecule has 3 aromatic rings. The van der Waals surface area contributed by atoms with E-state index in [-0.39, 0.29) is 37.5 Å². The number of likely N-dealkylation sites (tertiary alicyclic amines) is 1. The minimum Gasteiger partial charge on any atom is -0.481 e. The van der Waals surface area contributed by atoms with E-state index in [2.05, 4.69) is 65.3 Å². The number of hydrogen-bond donors (Lipinski definition) is 9. The number of benzene rings is 1. The summed E-state index contributed by atoms with van der Waals surface area (Å²) in [5.41, 5.74) is 15.6. The van der Waals surface area contributed by atoms with Crippen LogP contribution < -0.4 is 27.9 Å². The summed E-state index contributed by atoms with van der Waals surface area (Å²) in [7, 11) is 0. The number of aromatic nitrogens is 3. The number of hydrazine groups is 1. The topological polar surface area (TPSA) is 283 Å². The van der Waals surface area contributed by atoms with E-state index in [0.717, 1.165) is 119 Å². The monoisotopic (exact) mass is 980 g/mol. The second-order valence-corrected chi connectivity index (χ2v) is 18.9. The molecule has 18 heteroatoms. The van der Waals surface area contributed by atoms with Gasteiger partial charge in [0.05, 0.1) is 24.8 Å². The average molecular weight is 980 g/mol. The summed E-state index contributed by atoms with van der Waals surface area (Å²) in [5.74, 6) is 7.96. The SMILES string of the molecule is CC(C)CCO.CC(C)CN(N)/C=C(\N)CCCC(=O)NCCCCCC(=O)N1CCCC1CO.Nc1ncnc2ccccc12.O=C(O)CCCN(CCO)CCCCc1ccc2c(n1)NCCC2. The van der Waals surface area contributed by atoms with Crippen molar-refractivity contribution in [3.8, 4) is 0 Å². The lowest BCUT2D eigenvalue weighted by atomic mass is 10.1. The van der Waals surface area contributed by atoms with Crippen LogP contribution in [0.5, 0.6) is 0 Å². The molecular formula is C52H89N11O7. The Labute approximate surface area is 417 Å². The zero-order chi connectivity index (χ0) is 51.5. The first kappa shape index (κ1) is 61.0. The van der Waals surface area contributed by atoms with E-state index >= 15 is 0 Å². The number of fused-ring (bicyclic) bond motifs is 2. The first-order valence-electron chi connectivity index (χ1n) is 25.6. The van der Waals surface area contributed by atoms with Crippen LogP contribution in [0.4, 0.5) is 11.6 Å². The number of carbonyl (C=O) groups is 3. The van der Waals surface area contributed by atoms with E-state index < -0.39 is 5.97 Å². The molecule has 394 valence electrons. The smallest absolute Gasteiger partial charge is 0.303 e. The molecule has 2 amide bonds. The van der Waals surface area contributed by atoms with Crippen molar-refractivity contribution < 1.29 is 34.8 Å². The van der Waals surface area contributed by atoms with E-state index in [9.17, 15) is 19.5 Å². The van der Waals surface area contributed by atoms with E-state index in [1.807, 2.05) is 29.2 Å². The molecule has 0 spiro atoms. The van der Waals surface area contributed by atoms with Crippen molar-refractivity contribution in [2.45, 2.75) is 143 Å². The Bertz CT molecular complexity index is 1930. The number of hydrogen-bond acceptors (Lipinski definition) is 15. The second-order valence-electron chi connectivity index (χ2n) is 18.9. The van der Waals surface area contributed by atoms with Gasteiger partial charge < -0.3 is 57.3 Å². The van der Waals surface area contributed by atoms with Crippen molar-refractivity contribution in [1.82, 2.24) is 35.1 Å². The summed E-state index contributed by atoms with van der Waals surface area (Å²) in [6.45, 7) is 14.3. The molecule has 0 saturated carbocycles. The first-order chi connectivity index (χ1) is 33.7. The van der Waals surface area contributed by atoms with Gasteiger partial charge in [-0.1, -0.05) is 52.3 Å². The lowest BCUT2D eigenvalue weighted by Gasteiger charge is -2.22. The minimum atomic E-state index is -0.758. The predicted molar refractivity (Wildman–Crippen MR) is 280 cm³/mol. The molecule has 5 rings (SSSR count). The van der Waals surface area contributed by atoms with Gasteiger partial charge in [-0.25, -0.2) is 20.8 Å². The first-order valence-corrected chi connectivity index (χ1v) is 25.6. The number of carbonyl (C=O) groups excluding carboxylic acids is 2. The Balaban J connectivity index is 0.000000363. The summed E-state index contributed by atoms with van der Waals surface area (Å²) in [4.78, 5) is 51.2. The number of nitrogens with zero attached hydrogens (tertiary/aromatic N) is 6. The fraction of sp³-hybridized carbons (Fsp3) is 0.654. The zero-order valence-corrected chi connectivity index (χ0v) is 42.9. The molecule has 70 heavy (non-hydrogen) atoms. The molecule has 2 aromatic heterocycles. The number of para-hydroxylation sites is 1. The molecule has 0 bridgehead atoms. The fourth-order valence-corrected chi connectivity index (χ4v) is 7.96. The Morgan fingerprint density at radius 1 is 0.871 bits per heavy atom. The third-order valence-electron chi connectivity index (χ3n) is 11.7. The van der Waals surface area contributed by atoms with Crippen LogP contribution in [0, 0.1) is 11.8 Å². The van der Waals surface area contributed by atoms with Crippen molar-refractivity contribution >= 4 is 40.3 Å². The average Bonchev–Trinajstić information content (AvgIpc) is 3.81. The number of anilines is 2. The summed E-state index contributed by atoms with van der Waals surface area (Å²) >= 11 is 0. The van der Waals surface area contributed by atoms with Crippen LogP contribution in [0.3, 0.4) is 0 Å². The Hall–Kier alpha value is -5.14. The van der Waals surface area contributed by atoms with Gasteiger partial charge in [0.1, 0.15) is 18.0 Å². The number of nitrogens with two attached hydrogens (primary N) is 3. The summed E-state index contributed by atoms with van der Waals surface area (Å²) < 4.78 is 0. The predicted octanol–water partition coefficient (Wildman–Crippen LogP) is 5.61. The normalized spacial score (nSPS) is 14.2. The van der Waals surface area contributed by atoms with Gasteiger partial charge >= 0.3 is 5.97 Å². The third-order valence-corrected chi connectivity index (χ3v) is 11.7. The molecular weight excluding hydrogens is 891 g/mol. The number of carboxylic acid groups (broad SMARTS) is 1. The Morgan fingerprint density at radius 2 is 1.64 bits per heavy atom. The molecule has 18 nitrogen and oxygen atoms in total. The standard InChI is InChI=1S/C21H41N5O3.C18H29N3O3.C8H7N3.C5H12O/c1-17(2)14-25(23)15-18(22)8-6-10-20(28)24-12-5-3-4-11-21(29)26-13-7-9-19(26)16-27;22-14-13-21(12-4-7-17(23)24)11-2-1-6-16-9-8-15-5-3-10-19-18(15)20-16;9-8-6-3-1-2-4-7(6)10-5-11-8;1-5(2)3-4-6/h15,17,19,27H,3-14,16,22-23H2,1-2H3,(H,24,28);8-9,22H,1-7,10-14H2,(H,19,20)(H,23,24);1-5H,(H2,9,10,11);5-6H,3-4H2,1-2H3/b18-15-;;;. The number of amides is 2. The zero-order valence-electron chi connectivity index (χ0n) is 42.9. The van der Waals surface area contributed by atoms with Gasteiger partial charge in [0, 0.05) is 81.6 Å². The fourth-order valence-electron chi connectivity index (χ4n) is 7.96. The number of aliphatic hydroxyl groups is 3. The van der Waals surface area contributed by atoms with Crippen molar-refractivity contribution in [3.05, 3.63) is 65.9 Å². The Kier molecular flexibility index (Phi) is 32.0. The quantitative estimate of drug-likeness (QED) is 0.0255. The highest BCUT2D eigenvalue weighted by Gasteiger charge is 2.27. The van der Waals surface area contributed by atoms with Crippen LogP contribution >= 0.6 is 0 Å². The third kappa shape index (κ3) is 27.3. The number of nitrogens with one attached hydrogen (secondary N) is 2. The van der Waals surface area contributed by atoms with Crippen LogP contribution in [0.15, 0.2) is 54.6 Å². The van der Waals surface area contributed by atoms with Crippen LogP contribution in [0.25, 0.3) is 10.9 Å². The van der Waals surface area contributed by atoms with E-state index in [4.69, 9.17) is 37.6 Å². The highest BCUT2D eigenvalue weighted by atomic mass is 16.4. The number of rotatable bonds is 27. The number of pyridine rings is 1. The second kappa shape index (κ2) is 36.8. The van der Waals surface area contributed by atoms with Crippen LogP contribution in [-0.2, 0) is 27.2 Å². The van der Waals surface area contributed by atoms with Gasteiger partial charge in [-0.3, -0.25) is 14.4 Å². The molecule has 1 fully saturated rings. The van der Waals surface area contributed by atoms with Gasteiger partial charge in [-0.2, -0.15) is 0 Å². The van der Waals surface area contributed by atoms with Gasteiger partial charge in [0.2, 0.25) is 11.8 Å². The number of aliphatic carboxylic acids is 1. The maximum atomic E-state index is 12.2. The number of allylic oxidation sites excluding steroid dienone is 1. The van der Waals surface area contributed by atoms with Gasteiger partial charge in [0.15, 0.2) is 0 Å². The van der Waals surface area contributed by atoms with Crippen molar-refractivity contribution in [2.75, 3.05) is 76.7 Å². The molecule has 12 N–H and O–H groups in total. The molecule has 2 aliphatic heterocycles. The van der Waals surface area contributed by atoms with Crippen LogP contribution in [0.2, 0.25) is 0 Å². The lowest BCUT2D eigenvalue weighted by Crippen LogP contribution is -2.37. The van der Waals surface area contributed by atoms with Gasteiger partial charge in [-0.15, -0.1) is 0 Å². The molecule has 4 heterocycles. The molecule has 2 aliphatic rings. The van der Waals surface area contributed by atoms with E-state index in [1.165, 1.54) is 18.3 Å². The highest BCUT2D eigenvalue weighted by molar-refractivity contribution is 5.87. The van der Waals surface area contributed by atoms with Crippen LogP contribution in [-0.4, -0.2) is 140 Å². The number of carboxylic acids is 1. The summed E-state index contributed by atoms with van der Waals surface area (Å²) in [6.07, 6.45) is 17.0. The van der Waals surface area contributed by atoms with Gasteiger partial charge in [-0.05, 0) is 132 Å². The van der Waals surface area contributed by atoms with Crippen LogP contribution in [0.1, 0.15) is 135 Å². The molecule has 0 radical (unpaired) electrons. The van der Waals surface area contributed by atoms with Gasteiger partial charge in [0.25, 0.3) is 0 Å². The molecule has 1 unspecified atom stereocenters. The highest BCUT2D eigenvalue weighted by Crippen LogP contribution is 2.21. The van der Waals surface area contributed by atoms with Crippen molar-refractivity contribution in [3.63, 3.8) is 0 Å². The van der Waals surface area contributed by atoms with E-state index in [0.29, 0.717) is 75.2 Å². The maximum absolute atomic E-state index is 12.2. The largest absolute Gasteiger partial charge is 0.481 e. The van der Waals surface area contributed by atoms with Crippen molar-refractivity contribution in [1.29, 1.82) is 0 Å².